The molecule has 1 aromatic heterocycles. The zero-order valence-corrected chi connectivity index (χ0v) is 19.6. The van der Waals surface area contributed by atoms with Gasteiger partial charge in [0.15, 0.2) is 5.16 Å². The van der Waals surface area contributed by atoms with Gasteiger partial charge in [-0.3, -0.25) is 0 Å². The molecule has 2 aromatic rings. The van der Waals surface area contributed by atoms with Gasteiger partial charge in [0.1, 0.15) is 5.75 Å². The van der Waals surface area contributed by atoms with Crippen LogP contribution in [-0.4, -0.2) is 21.4 Å². The van der Waals surface area contributed by atoms with Crippen molar-refractivity contribution in [3.63, 3.8) is 0 Å². The van der Waals surface area contributed by atoms with Crippen LogP contribution in [0.2, 0.25) is 0 Å². The number of ether oxygens (including phenoxy) is 1. The molecule has 0 N–H and O–H groups in total. The molecule has 5 aliphatic rings. The van der Waals surface area contributed by atoms with Gasteiger partial charge in [0.25, 0.3) is 0 Å². The molecule has 0 amide bonds. The van der Waals surface area contributed by atoms with Crippen LogP contribution in [-0.2, 0) is 0 Å². The number of hydrogen-bond donors (Lipinski definition) is 0. The molecule has 5 aliphatic carbocycles. The van der Waals surface area contributed by atoms with E-state index in [-0.39, 0.29) is 0 Å². The smallest absolute Gasteiger partial charge is 0.168 e. The highest BCUT2D eigenvalue weighted by atomic mass is 32.2. The molecule has 4 heteroatoms. The summed E-state index contributed by atoms with van der Waals surface area (Å²) in [6.45, 7) is 2.18. The fourth-order valence-electron chi connectivity index (χ4n) is 7.47. The van der Waals surface area contributed by atoms with Crippen molar-refractivity contribution in [3.05, 3.63) is 42.2 Å². The maximum atomic E-state index is 6.20. The second-order valence-electron chi connectivity index (χ2n) is 10.9. The number of thioether (sulfide) groups is 1. The molecule has 166 valence electrons. The number of benzene rings is 1. The van der Waals surface area contributed by atoms with E-state index in [4.69, 9.17) is 9.72 Å². The van der Waals surface area contributed by atoms with Gasteiger partial charge in [0.05, 0.1) is 11.8 Å². The van der Waals surface area contributed by atoms with Crippen molar-refractivity contribution in [1.29, 1.82) is 0 Å². The number of hydrogen-bond acceptors (Lipinski definition) is 3. The molecule has 0 unspecified atom stereocenters. The molecule has 0 radical (unpaired) electrons. The lowest BCUT2D eigenvalue weighted by molar-refractivity contribution is -0.0321. The first-order valence-electron chi connectivity index (χ1n) is 12.6. The van der Waals surface area contributed by atoms with Crippen molar-refractivity contribution in [1.82, 2.24) is 9.55 Å². The van der Waals surface area contributed by atoms with Crippen LogP contribution in [0, 0.1) is 36.5 Å². The lowest BCUT2D eigenvalue weighted by atomic mass is 9.54. The summed E-state index contributed by atoms with van der Waals surface area (Å²) >= 11 is 2.03. The molecule has 0 saturated heterocycles. The second kappa shape index (κ2) is 8.50. The van der Waals surface area contributed by atoms with Crippen LogP contribution in [0.3, 0.4) is 0 Å². The largest absolute Gasteiger partial charge is 0.490 e. The fraction of sp³-hybridized carbons (Fsp3) is 0.667. The Labute approximate surface area is 191 Å². The summed E-state index contributed by atoms with van der Waals surface area (Å²) in [5, 5.41) is 1.30. The summed E-state index contributed by atoms with van der Waals surface area (Å²) in [7, 11) is 0. The molecule has 0 aliphatic heterocycles. The predicted octanol–water partition coefficient (Wildman–Crippen LogP) is 6.92. The fourth-order valence-corrected chi connectivity index (χ4v) is 8.72. The first kappa shape index (κ1) is 20.2. The van der Waals surface area contributed by atoms with Crippen LogP contribution in [0.1, 0.15) is 69.5 Å². The molecule has 4 bridgehead atoms. The minimum absolute atomic E-state index is 0.390. The number of aryl methyl sites for hydroxylation is 1. The number of rotatable bonds is 6. The van der Waals surface area contributed by atoms with Crippen molar-refractivity contribution in [2.75, 3.05) is 5.75 Å². The Morgan fingerprint density at radius 2 is 1.61 bits per heavy atom. The maximum absolute atomic E-state index is 6.20. The number of imidazole rings is 1. The van der Waals surface area contributed by atoms with Crippen LogP contribution in [0.25, 0.3) is 0 Å². The quantitative estimate of drug-likeness (QED) is 0.460. The molecule has 1 aromatic carbocycles. The summed E-state index contributed by atoms with van der Waals surface area (Å²) < 4.78 is 8.84. The van der Waals surface area contributed by atoms with E-state index in [0.29, 0.717) is 6.10 Å². The van der Waals surface area contributed by atoms with Gasteiger partial charge in [0.2, 0.25) is 0 Å². The van der Waals surface area contributed by atoms with Crippen LogP contribution in [0.4, 0.5) is 0 Å². The van der Waals surface area contributed by atoms with Gasteiger partial charge in [-0.25, -0.2) is 4.98 Å². The lowest BCUT2D eigenvalue weighted by Gasteiger charge is -2.54. The normalized spacial score (nSPS) is 36.6. The first-order chi connectivity index (χ1) is 15.2. The predicted molar refractivity (Wildman–Crippen MR) is 127 cm³/mol. The minimum atomic E-state index is 0.390. The highest BCUT2D eigenvalue weighted by Gasteiger charge is 2.49. The average molecular weight is 437 g/mol. The SMILES string of the molecule is Cc1cn(C2C3CC4CC(C3)CC2C4)c(SCC2CCC(Oc3ccccc3)CC2)n1. The van der Waals surface area contributed by atoms with E-state index < -0.39 is 0 Å². The summed E-state index contributed by atoms with van der Waals surface area (Å²) in [6.07, 6.45) is 15.1. The van der Waals surface area contributed by atoms with Crippen molar-refractivity contribution in [2.24, 2.45) is 29.6 Å². The third kappa shape index (κ3) is 4.17. The summed E-state index contributed by atoms with van der Waals surface area (Å²) in [5.74, 6) is 6.92. The van der Waals surface area contributed by atoms with E-state index in [1.54, 1.807) is 0 Å². The van der Waals surface area contributed by atoms with Gasteiger partial charge in [0, 0.05) is 18.0 Å². The molecule has 7 rings (SSSR count). The molecular formula is C27H36N2OS. The Balaban J connectivity index is 1.06. The van der Waals surface area contributed by atoms with Crippen LogP contribution < -0.4 is 4.74 Å². The molecule has 1 heterocycles. The Morgan fingerprint density at radius 1 is 0.935 bits per heavy atom. The van der Waals surface area contributed by atoms with E-state index in [1.807, 2.05) is 11.8 Å². The molecule has 5 fully saturated rings. The van der Waals surface area contributed by atoms with E-state index in [1.165, 1.54) is 74.4 Å². The minimum Gasteiger partial charge on any atom is -0.490 e. The Bertz CT molecular complexity index is 858. The molecule has 5 saturated carbocycles. The number of para-hydroxylation sites is 1. The molecular weight excluding hydrogens is 400 g/mol. The van der Waals surface area contributed by atoms with Gasteiger partial charge in [-0.1, -0.05) is 30.0 Å². The third-order valence-corrected chi connectivity index (χ3v) is 9.80. The number of aromatic nitrogens is 2. The highest BCUT2D eigenvalue weighted by Crippen LogP contribution is 2.58. The second-order valence-corrected chi connectivity index (χ2v) is 11.9. The molecule has 0 atom stereocenters. The number of nitrogens with zero attached hydrogens (tertiary/aromatic N) is 2. The van der Waals surface area contributed by atoms with Gasteiger partial charge >= 0.3 is 0 Å². The Morgan fingerprint density at radius 3 is 2.29 bits per heavy atom. The molecule has 31 heavy (non-hydrogen) atoms. The molecule has 3 nitrogen and oxygen atoms in total. The van der Waals surface area contributed by atoms with Gasteiger partial charge in [-0.15, -0.1) is 0 Å². The van der Waals surface area contributed by atoms with Gasteiger partial charge < -0.3 is 9.30 Å². The van der Waals surface area contributed by atoms with E-state index in [9.17, 15) is 0 Å². The Kier molecular flexibility index (Phi) is 5.54. The van der Waals surface area contributed by atoms with Crippen molar-refractivity contribution in [2.45, 2.75) is 82.0 Å². The van der Waals surface area contributed by atoms with Crippen LogP contribution in [0.5, 0.6) is 5.75 Å². The van der Waals surface area contributed by atoms with Crippen molar-refractivity contribution >= 4 is 11.8 Å². The zero-order chi connectivity index (χ0) is 20.8. The van der Waals surface area contributed by atoms with Crippen molar-refractivity contribution in [3.8, 4) is 5.75 Å². The highest BCUT2D eigenvalue weighted by molar-refractivity contribution is 7.99. The van der Waals surface area contributed by atoms with Gasteiger partial charge in [-0.05, 0) is 106 Å². The molecule has 0 spiro atoms. The average Bonchev–Trinajstić information content (AvgIpc) is 3.13. The lowest BCUT2D eigenvalue weighted by Crippen LogP contribution is -2.45. The summed E-state index contributed by atoms with van der Waals surface area (Å²) in [4.78, 5) is 5.00. The zero-order valence-electron chi connectivity index (χ0n) is 18.8. The van der Waals surface area contributed by atoms with E-state index in [0.717, 1.165) is 41.4 Å². The van der Waals surface area contributed by atoms with Crippen LogP contribution >= 0.6 is 11.8 Å². The van der Waals surface area contributed by atoms with Crippen molar-refractivity contribution < 1.29 is 4.74 Å². The summed E-state index contributed by atoms with van der Waals surface area (Å²) in [5.41, 5.74) is 1.20. The Hall–Kier alpha value is -1.42. The summed E-state index contributed by atoms with van der Waals surface area (Å²) in [6, 6.07) is 11.1. The first-order valence-corrected chi connectivity index (χ1v) is 13.6. The maximum Gasteiger partial charge on any atom is 0.168 e. The van der Waals surface area contributed by atoms with E-state index in [2.05, 4.69) is 48.0 Å². The van der Waals surface area contributed by atoms with E-state index >= 15 is 0 Å². The standard InChI is InChI=1S/C27H36N2OS/c1-18-16-29(26-22-12-20-11-21(14-22)15-23(26)13-20)27(28-18)31-17-19-7-9-25(10-8-19)30-24-5-3-2-4-6-24/h2-6,16,19-23,25-26H,7-15,17H2,1H3. The topological polar surface area (TPSA) is 27.1 Å². The van der Waals surface area contributed by atoms with Crippen LogP contribution in [0.15, 0.2) is 41.7 Å². The van der Waals surface area contributed by atoms with Gasteiger partial charge in [-0.2, -0.15) is 0 Å². The third-order valence-electron chi connectivity index (χ3n) is 8.60. The monoisotopic (exact) mass is 436 g/mol.